The van der Waals surface area contributed by atoms with Gasteiger partial charge in [-0.15, -0.1) is 24.0 Å². The van der Waals surface area contributed by atoms with Crippen molar-refractivity contribution in [1.82, 2.24) is 15.5 Å². The molecule has 1 aromatic rings. The number of benzene rings is 1. The smallest absolute Gasteiger partial charge is 0.387 e. The fourth-order valence-electron chi connectivity index (χ4n) is 2.96. The van der Waals surface area contributed by atoms with E-state index in [0.29, 0.717) is 31.0 Å². The minimum Gasteiger partial charge on any atom is -0.434 e. The summed E-state index contributed by atoms with van der Waals surface area (Å²) in [6.45, 7) is 3.94. The lowest BCUT2D eigenvalue weighted by atomic mass is 10.1. The number of hydrogen-bond acceptors (Lipinski definition) is 3. The third-order valence-electron chi connectivity index (χ3n) is 4.27. The number of aliphatic imine (C=N–C) groups is 1. The van der Waals surface area contributed by atoms with Crippen LogP contribution in [-0.4, -0.2) is 49.6 Å². The van der Waals surface area contributed by atoms with E-state index in [1.54, 1.807) is 12.1 Å². The highest BCUT2D eigenvalue weighted by Crippen LogP contribution is 2.22. The molecule has 0 atom stereocenters. The average molecular weight is 510 g/mol. The van der Waals surface area contributed by atoms with E-state index >= 15 is 0 Å². The van der Waals surface area contributed by atoms with E-state index in [4.69, 9.17) is 0 Å². The lowest BCUT2D eigenvalue weighted by Gasteiger charge is -2.16. The molecule has 1 aromatic carbocycles. The summed E-state index contributed by atoms with van der Waals surface area (Å²) in [4.78, 5) is 18.4. The van der Waals surface area contributed by atoms with Gasteiger partial charge in [-0.3, -0.25) is 4.79 Å². The normalized spacial score (nSPS) is 14.0. The molecule has 9 heteroatoms. The van der Waals surface area contributed by atoms with Gasteiger partial charge in [0.2, 0.25) is 5.91 Å². The molecule has 28 heavy (non-hydrogen) atoms. The summed E-state index contributed by atoms with van der Waals surface area (Å²) in [5.74, 6) is 0.804. The van der Waals surface area contributed by atoms with Crippen LogP contribution >= 0.6 is 24.0 Å². The van der Waals surface area contributed by atoms with Crippen LogP contribution in [0.1, 0.15) is 37.3 Å². The van der Waals surface area contributed by atoms with Gasteiger partial charge in [0.15, 0.2) is 5.96 Å². The molecule has 0 aliphatic carbocycles. The number of carbonyl (C=O) groups excluding carboxylic acids is 1. The van der Waals surface area contributed by atoms with E-state index in [9.17, 15) is 13.6 Å². The molecule has 0 bridgehead atoms. The highest BCUT2D eigenvalue weighted by molar-refractivity contribution is 14.0. The first-order valence-corrected chi connectivity index (χ1v) is 9.34. The van der Waals surface area contributed by atoms with Crippen molar-refractivity contribution in [3.05, 3.63) is 29.3 Å². The van der Waals surface area contributed by atoms with Crippen molar-refractivity contribution in [2.75, 3.05) is 26.2 Å². The number of ether oxygens (including phenoxy) is 1. The third-order valence-corrected chi connectivity index (χ3v) is 4.27. The molecule has 2 N–H and O–H groups in total. The van der Waals surface area contributed by atoms with Gasteiger partial charge in [-0.2, -0.15) is 8.78 Å². The van der Waals surface area contributed by atoms with Crippen LogP contribution in [0.5, 0.6) is 5.75 Å². The van der Waals surface area contributed by atoms with Crippen LogP contribution in [0.15, 0.2) is 23.2 Å². The number of likely N-dealkylation sites (tertiary alicyclic amines) is 1. The van der Waals surface area contributed by atoms with Gasteiger partial charge in [0.05, 0.1) is 6.54 Å². The Kier molecular flexibility index (Phi) is 11.1. The molecule has 0 aromatic heterocycles. The van der Waals surface area contributed by atoms with Gasteiger partial charge in [-0.05, 0) is 32.8 Å². The molecule has 0 saturated carbocycles. The Bertz CT molecular complexity index is 653. The quantitative estimate of drug-likeness (QED) is 0.320. The summed E-state index contributed by atoms with van der Waals surface area (Å²) in [5.41, 5.74) is 1.52. The van der Waals surface area contributed by atoms with Crippen LogP contribution < -0.4 is 15.4 Å². The molecule has 1 fully saturated rings. The molecular weight excluding hydrogens is 481 g/mol. The SMILES string of the molecule is CCNC(=NCc1cc(C)ccc1OC(F)F)NCCC(=O)N1CCCC1.I. The van der Waals surface area contributed by atoms with E-state index in [-0.39, 0.29) is 42.2 Å². The number of nitrogens with zero attached hydrogens (tertiary/aromatic N) is 2. The molecule has 0 radical (unpaired) electrons. The minimum absolute atomic E-state index is 0. The summed E-state index contributed by atoms with van der Waals surface area (Å²) in [6, 6.07) is 5.03. The highest BCUT2D eigenvalue weighted by atomic mass is 127. The largest absolute Gasteiger partial charge is 0.434 e. The van der Waals surface area contributed by atoms with E-state index < -0.39 is 6.61 Å². The second-order valence-electron chi connectivity index (χ2n) is 6.45. The van der Waals surface area contributed by atoms with Gasteiger partial charge in [-0.1, -0.05) is 17.7 Å². The van der Waals surface area contributed by atoms with Gasteiger partial charge in [-0.25, -0.2) is 4.99 Å². The zero-order valence-corrected chi connectivity index (χ0v) is 18.7. The summed E-state index contributed by atoms with van der Waals surface area (Å²) in [5, 5.41) is 6.22. The number of rotatable bonds is 8. The fourth-order valence-corrected chi connectivity index (χ4v) is 2.96. The first kappa shape index (κ1) is 24.4. The molecule has 158 valence electrons. The third kappa shape index (κ3) is 8.15. The Morgan fingerprint density at radius 3 is 2.64 bits per heavy atom. The molecule has 1 aliphatic rings. The topological polar surface area (TPSA) is 66.0 Å². The van der Waals surface area contributed by atoms with E-state index in [1.807, 2.05) is 18.7 Å². The van der Waals surface area contributed by atoms with E-state index in [0.717, 1.165) is 31.5 Å². The van der Waals surface area contributed by atoms with Crippen molar-refractivity contribution >= 4 is 35.8 Å². The van der Waals surface area contributed by atoms with Gasteiger partial charge < -0.3 is 20.3 Å². The molecule has 1 heterocycles. The van der Waals surface area contributed by atoms with Crippen molar-refractivity contribution in [2.24, 2.45) is 4.99 Å². The number of aryl methyl sites for hydroxylation is 1. The second-order valence-corrected chi connectivity index (χ2v) is 6.45. The van der Waals surface area contributed by atoms with Crippen molar-refractivity contribution in [2.45, 2.75) is 46.3 Å². The molecular formula is C19H29F2IN4O2. The molecule has 1 saturated heterocycles. The summed E-state index contributed by atoms with van der Waals surface area (Å²) in [6.07, 6.45) is 2.54. The molecule has 6 nitrogen and oxygen atoms in total. The maximum absolute atomic E-state index is 12.6. The molecule has 1 aliphatic heterocycles. The standard InChI is InChI=1S/C19H28F2N4O2.HI/c1-3-22-19(23-9-8-17(26)25-10-4-5-11-25)24-13-15-12-14(2)6-7-16(15)27-18(20)21;/h6-7,12,18H,3-5,8-11,13H2,1-2H3,(H2,22,23,24);1H. The van der Waals surface area contributed by atoms with Crippen LogP contribution in [0.2, 0.25) is 0 Å². The Balaban J connectivity index is 0.00000392. The Morgan fingerprint density at radius 2 is 2.00 bits per heavy atom. The lowest BCUT2D eigenvalue weighted by molar-refractivity contribution is -0.129. The predicted molar refractivity (Wildman–Crippen MR) is 116 cm³/mol. The zero-order valence-electron chi connectivity index (χ0n) is 16.3. The monoisotopic (exact) mass is 510 g/mol. The molecule has 0 spiro atoms. The number of amides is 1. The van der Waals surface area contributed by atoms with Gasteiger partial charge in [0.1, 0.15) is 5.75 Å². The second kappa shape index (κ2) is 12.7. The van der Waals surface area contributed by atoms with Gasteiger partial charge >= 0.3 is 6.61 Å². The minimum atomic E-state index is -2.88. The van der Waals surface area contributed by atoms with Crippen LogP contribution in [0.3, 0.4) is 0 Å². The number of halogens is 3. The molecule has 0 unspecified atom stereocenters. The Morgan fingerprint density at radius 1 is 1.29 bits per heavy atom. The summed E-state index contributed by atoms with van der Waals surface area (Å²) in [7, 11) is 0. The molecule has 2 rings (SSSR count). The van der Waals surface area contributed by atoms with Gasteiger partial charge in [0.25, 0.3) is 0 Å². The van der Waals surface area contributed by atoms with Crippen molar-refractivity contribution in [3.8, 4) is 5.75 Å². The van der Waals surface area contributed by atoms with Crippen LogP contribution in [0.4, 0.5) is 8.78 Å². The Labute approximate surface area is 182 Å². The number of hydrogen-bond donors (Lipinski definition) is 2. The van der Waals surface area contributed by atoms with Crippen molar-refractivity contribution in [3.63, 3.8) is 0 Å². The summed E-state index contributed by atoms with van der Waals surface area (Å²) >= 11 is 0. The molecule has 1 amide bonds. The van der Waals surface area contributed by atoms with E-state index in [2.05, 4.69) is 20.4 Å². The first-order valence-electron chi connectivity index (χ1n) is 9.34. The van der Waals surface area contributed by atoms with Crippen molar-refractivity contribution in [1.29, 1.82) is 0 Å². The predicted octanol–water partition coefficient (Wildman–Crippen LogP) is 3.28. The maximum atomic E-state index is 12.6. The van der Waals surface area contributed by atoms with Crippen LogP contribution in [-0.2, 0) is 11.3 Å². The maximum Gasteiger partial charge on any atom is 0.387 e. The Hall–Kier alpha value is -1.65. The number of guanidine groups is 1. The first-order chi connectivity index (χ1) is 13.0. The van der Waals surface area contributed by atoms with E-state index in [1.165, 1.54) is 6.07 Å². The summed E-state index contributed by atoms with van der Waals surface area (Å²) < 4.78 is 29.7. The highest BCUT2D eigenvalue weighted by Gasteiger charge is 2.17. The number of alkyl halides is 2. The number of carbonyl (C=O) groups is 1. The van der Waals surface area contributed by atoms with Gasteiger partial charge in [0, 0.05) is 38.2 Å². The van der Waals surface area contributed by atoms with Crippen LogP contribution in [0, 0.1) is 6.92 Å². The lowest BCUT2D eigenvalue weighted by Crippen LogP contribution is -2.39. The van der Waals surface area contributed by atoms with Crippen LogP contribution in [0.25, 0.3) is 0 Å². The van der Waals surface area contributed by atoms with Crippen molar-refractivity contribution < 1.29 is 18.3 Å². The zero-order chi connectivity index (χ0) is 19.6. The number of nitrogens with one attached hydrogen (secondary N) is 2. The average Bonchev–Trinajstić information content (AvgIpc) is 3.16. The fraction of sp³-hybridized carbons (Fsp3) is 0.579.